The zero-order valence-electron chi connectivity index (χ0n) is 53.7. The van der Waals surface area contributed by atoms with Crippen LogP contribution in [0.15, 0.2) is 158 Å². The van der Waals surface area contributed by atoms with E-state index in [0.29, 0.717) is 12.8 Å². The summed E-state index contributed by atoms with van der Waals surface area (Å²) in [5.74, 6) is -1.06. The van der Waals surface area contributed by atoms with Gasteiger partial charge in [0, 0.05) is 12.8 Å². The number of unbranched alkanes of at least 4 members (excludes halogenated alkanes) is 24. The standard InChI is InChI=1S/C77H124O6/c1-4-7-10-13-16-19-22-25-28-30-31-32-33-34-35-36-37-38-39-40-41-42-43-44-45-47-49-52-55-58-61-64-67-70-76(79)82-73-74(72-81-75(78)69-66-63-60-57-54-51-48-27-24-21-18-15-12-9-6-3)83-77(80)71-68-65-62-59-56-53-50-46-29-26-23-20-17-14-11-8-5-2/h7-12,16-21,25-29,31-32,34-35,48,54,57,63,66,74H,4-6,13-15,22-24,30,33,36-47,49-53,55-56,58-62,64-65,67-73H2,1-3H3/b10-7-,11-8-,12-9-,19-16-,20-17-,21-18-,28-25-,29-26-,32-31-,35-34-,48-27-,57-54-,66-63-. The summed E-state index contributed by atoms with van der Waals surface area (Å²) in [6.07, 6.45) is 102. The van der Waals surface area contributed by atoms with Crippen LogP contribution in [0.25, 0.3) is 0 Å². The Morgan fingerprint density at radius 1 is 0.253 bits per heavy atom. The summed E-state index contributed by atoms with van der Waals surface area (Å²) >= 11 is 0. The second-order valence-electron chi connectivity index (χ2n) is 22.0. The van der Waals surface area contributed by atoms with Gasteiger partial charge < -0.3 is 14.2 Å². The minimum Gasteiger partial charge on any atom is -0.462 e. The Hall–Kier alpha value is -4.97. The molecule has 0 fully saturated rings. The Kier molecular flexibility index (Phi) is 65.4. The van der Waals surface area contributed by atoms with Gasteiger partial charge in [-0.25, -0.2) is 0 Å². The topological polar surface area (TPSA) is 78.9 Å². The van der Waals surface area contributed by atoms with Gasteiger partial charge in [-0.05, 0) is 122 Å². The van der Waals surface area contributed by atoms with Crippen LogP contribution in [0.4, 0.5) is 0 Å². The highest BCUT2D eigenvalue weighted by Gasteiger charge is 2.19. The molecule has 0 radical (unpaired) electrons. The summed E-state index contributed by atoms with van der Waals surface area (Å²) in [5.41, 5.74) is 0. The van der Waals surface area contributed by atoms with Gasteiger partial charge >= 0.3 is 17.9 Å². The van der Waals surface area contributed by atoms with Gasteiger partial charge in [0.1, 0.15) is 13.2 Å². The lowest BCUT2D eigenvalue weighted by Gasteiger charge is -2.18. The second kappa shape index (κ2) is 69.5. The molecule has 468 valence electrons. The van der Waals surface area contributed by atoms with Crippen molar-refractivity contribution in [2.75, 3.05) is 13.2 Å². The summed E-state index contributed by atoms with van der Waals surface area (Å²) in [6.45, 7) is 6.21. The summed E-state index contributed by atoms with van der Waals surface area (Å²) in [4.78, 5) is 38.3. The molecule has 0 aliphatic rings. The molecule has 1 atom stereocenters. The lowest BCUT2D eigenvalue weighted by Crippen LogP contribution is -2.30. The average Bonchev–Trinajstić information content (AvgIpc) is 3.49. The maximum Gasteiger partial charge on any atom is 0.309 e. The van der Waals surface area contributed by atoms with Crippen molar-refractivity contribution in [3.05, 3.63) is 158 Å². The highest BCUT2D eigenvalue weighted by molar-refractivity contribution is 5.72. The molecule has 0 aromatic heterocycles. The molecule has 0 heterocycles. The molecule has 0 aliphatic carbocycles. The Morgan fingerprint density at radius 2 is 0.482 bits per heavy atom. The van der Waals surface area contributed by atoms with Crippen molar-refractivity contribution in [3.63, 3.8) is 0 Å². The molecule has 0 aromatic carbocycles. The molecule has 6 nitrogen and oxygen atoms in total. The summed E-state index contributed by atoms with van der Waals surface area (Å²) in [7, 11) is 0. The van der Waals surface area contributed by atoms with E-state index in [9.17, 15) is 14.4 Å². The van der Waals surface area contributed by atoms with Crippen LogP contribution in [0, 0.1) is 0 Å². The van der Waals surface area contributed by atoms with Crippen LogP contribution >= 0.6 is 0 Å². The smallest absolute Gasteiger partial charge is 0.309 e. The third kappa shape index (κ3) is 67.7. The minimum absolute atomic E-state index is 0.116. The average molecular weight is 1150 g/mol. The third-order valence-corrected chi connectivity index (χ3v) is 14.0. The molecule has 0 saturated carbocycles. The van der Waals surface area contributed by atoms with Crippen molar-refractivity contribution < 1.29 is 28.6 Å². The van der Waals surface area contributed by atoms with Crippen molar-refractivity contribution in [1.82, 2.24) is 0 Å². The highest BCUT2D eigenvalue weighted by atomic mass is 16.6. The molecule has 0 aromatic rings. The van der Waals surface area contributed by atoms with Crippen molar-refractivity contribution in [2.45, 2.75) is 297 Å². The molecule has 0 N–H and O–H groups in total. The number of hydrogen-bond acceptors (Lipinski definition) is 6. The third-order valence-electron chi connectivity index (χ3n) is 14.0. The van der Waals surface area contributed by atoms with Crippen LogP contribution in [0.5, 0.6) is 0 Å². The van der Waals surface area contributed by atoms with Crippen LogP contribution in [0.1, 0.15) is 290 Å². The summed E-state index contributed by atoms with van der Waals surface area (Å²) < 4.78 is 16.8. The van der Waals surface area contributed by atoms with E-state index in [1.165, 1.54) is 116 Å². The zero-order valence-corrected chi connectivity index (χ0v) is 53.7. The van der Waals surface area contributed by atoms with Gasteiger partial charge in [-0.1, -0.05) is 307 Å². The molecular weight excluding hydrogens is 1020 g/mol. The molecule has 0 rings (SSSR count). The van der Waals surface area contributed by atoms with Gasteiger partial charge in [-0.15, -0.1) is 0 Å². The van der Waals surface area contributed by atoms with Gasteiger partial charge in [-0.3, -0.25) is 14.4 Å². The van der Waals surface area contributed by atoms with E-state index < -0.39 is 12.1 Å². The van der Waals surface area contributed by atoms with Crippen molar-refractivity contribution in [1.29, 1.82) is 0 Å². The van der Waals surface area contributed by atoms with E-state index >= 15 is 0 Å². The van der Waals surface area contributed by atoms with Crippen molar-refractivity contribution in [2.24, 2.45) is 0 Å². The molecule has 6 heteroatoms. The fraction of sp³-hybridized carbons (Fsp3) is 0.623. The van der Waals surface area contributed by atoms with Gasteiger partial charge in [0.05, 0.1) is 6.42 Å². The number of ether oxygens (including phenoxy) is 3. The van der Waals surface area contributed by atoms with Gasteiger partial charge in [0.15, 0.2) is 6.10 Å². The van der Waals surface area contributed by atoms with Crippen LogP contribution in [-0.2, 0) is 28.6 Å². The summed E-state index contributed by atoms with van der Waals surface area (Å²) in [5, 5.41) is 0. The molecule has 1 unspecified atom stereocenters. The molecule has 0 saturated heterocycles. The number of carbonyl (C=O) groups excluding carboxylic acids is 3. The van der Waals surface area contributed by atoms with E-state index in [1.54, 1.807) is 6.08 Å². The predicted molar refractivity (Wildman–Crippen MR) is 362 cm³/mol. The van der Waals surface area contributed by atoms with E-state index in [-0.39, 0.29) is 31.6 Å². The number of hydrogen-bond donors (Lipinski definition) is 0. The first-order valence-electron chi connectivity index (χ1n) is 34.0. The summed E-state index contributed by atoms with van der Waals surface area (Å²) in [6, 6.07) is 0. The first-order chi connectivity index (χ1) is 41.0. The highest BCUT2D eigenvalue weighted by Crippen LogP contribution is 2.16. The quantitative estimate of drug-likeness (QED) is 0.0261. The minimum atomic E-state index is -0.830. The lowest BCUT2D eigenvalue weighted by molar-refractivity contribution is -0.166. The fourth-order valence-electron chi connectivity index (χ4n) is 9.09. The van der Waals surface area contributed by atoms with Crippen LogP contribution in [0.3, 0.4) is 0 Å². The van der Waals surface area contributed by atoms with Crippen LogP contribution in [-0.4, -0.2) is 37.2 Å². The maximum absolute atomic E-state index is 12.9. The molecule has 83 heavy (non-hydrogen) atoms. The first-order valence-corrected chi connectivity index (χ1v) is 34.0. The van der Waals surface area contributed by atoms with Crippen molar-refractivity contribution >= 4 is 17.9 Å². The maximum atomic E-state index is 12.9. The second-order valence-corrected chi connectivity index (χ2v) is 22.0. The SMILES string of the molecule is CC/C=C\C/C=C\C/C=C\C/C=C\C/C=C\CCCCCCCCCCCCCCCCCCCC(=O)OCC(COC(=O)C/C=C\C/C=C\C/C=C\C/C=C\C/C=C\CC)OC(=O)CCCCCCCCC/C=C\C/C=C\C/C=C\CC. The normalized spacial score (nSPS) is 13.1. The van der Waals surface area contributed by atoms with E-state index in [4.69, 9.17) is 14.2 Å². The Morgan fingerprint density at radius 3 is 0.783 bits per heavy atom. The van der Waals surface area contributed by atoms with E-state index in [0.717, 1.165) is 135 Å². The van der Waals surface area contributed by atoms with E-state index in [2.05, 4.69) is 167 Å². The number of allylic oxidation sites excluding steroid dienone is 25. The van der Waals surface area contributed by atoms with Crippen LogP contribution < -0.4 is 0 Å². The first kappa shape index (κ1) is 78.0. The Labute approximate surface area is 511 Å². The number of rotatable bonds is 60. The molecular formula is C77H124O6. The largest absolute Gasteiger partial charge is 0.462 e. The van der Waals surface area contributed by atoms with Gasteiger partial charge in [0.2, 0.25) is 0 Å². The van der Waals surface area contributed by atoms with Gasteiger partial charge in [-0.2, -0.15) is 0 Å². The molecule has 0 aliphatic heterocycles. The predicted octanol–water partition coefficient (Wildman–Crippen LogP) is 23.7. The molecule has 0 amide bonds. The number of esters is 3. The lowest BCUT2D eigenvalue weighted by atomic mass is 10.0. The fourth-order valence-corrected chi connectivity index (χ4v) is 9.09. The zero-order chi connectivity index (χ0) is 59.9. The Balaban J connectivity index is 4.29. The van der Waals surface area contributed by atoms with Gasteiger partial charge in [0.25, 0.3) is 0 Å². The van der Waals surface area contributed by atoms with Crippen LogP contribution in [0.2, 0.25) is 0 Å². The van der Waals surface area contributed by atoms with Crippen molar-refractivity contribution in [3.8, 4) is 0 Å². The molecule has 0 spiro atoms. The van der Waals surface area contributed by atoms with E-state index in [1.807, 2.05) is 6.08 Å². The Bertz CT molecular complexity index is 1840. The molecule has 0 bridgehead atoms. The monoisotopic (exact) mass is 1140 g/mol. The number of carbonyl (C=O) groups is 3.